The number of hydrogen-bond donors (Lipinski definition) is 2. The summed E-state index contributed by atoms with van der Waals surface area (Å²) in [6.45, 7) is 2.07. The molecule has 16 heavy (non-hydrogen) atoms. The molecule has 1 aliphatic heterocycles. The summed E-state index contributed by atoms with van der Waals surface area (Å²) >= 11 is 0. The highest BCUT2D eigenvalue weighted by Gasteiger charge is 2.16. The third kappa shape index (κ3) is 1.32. The quantitative estimate of drug-likeness (QED) is 0.701. The van der Waals surface area contributed by atoms with E-state index in [4.69, 9.17) is 0 Å². The van der Waals surface area contributed by atoms with E-state index in [-0.39, 0.29) is 0 Å². The summed E-state index contributed by atoms with van der Waals surface area (Å²) in [7, 11) is 2.11. The van der Waals surface area contributed by atoms with E-state index in [1.54, 1.807) is 6.07 Å². The predicted molar refractivity (Wildman–Crippen MR) is 64.9 cm³/mol. The van der Waals surface area contributed by atoms with Crippen LogP contribution in [-0.2, 0) is 19.9 Å². The van der Waals surface area contributed by atoms with E-state index in [9.17, 15) is 5.11 Å². The highest BCUT2D eigenvalue weighted by atomic mass is 16.3. The van der Waals surface area contributed by atoms with E-state index < -0.39 is 0 Å². The van der Waals surface area contributed by atoms with Crippen LogP contribution in [0.5, 0.6) is 5.75 Å². The van der Waals surface area contributed by atoms with Crippen LogP contribution >= 0.6 is 0 Å². The van der Waals surface area contributed by atoms with Gasteiger partial charge >= 0.3 is 0 Å². The Labute approximate surface area is 94.7 Å². The highest BCUT2D eigenvalue weighted by Crippen LogP contribution is 2.29. The molecular weight excluding hydrogens is 200 g/mol. The summed E-state index contributed by atoms with van der Waals surface area (Å²) in [5.41, 5.74) is 4.04. The van der Waals surface area contributed by atoms with Crippen molar-refractivity contribution in [2.75, 3.05) is 13.1 Å². The summed E-state index contributed by atoms with van der Waals surface area (Å²) in [6, 6.07) is 5.66. The van der Waals surface area contributed by atoms with Crippen LogP contribution in [0.4, 0.5) is 0 Å². The van der Waals surface area contributed by atoms with Gasteiger partial charge in [0.15, 0.2) is 0 Å². The maximum absolute atomic E-state index is 9.59. The summed E-state index contributed by atoms with van der Waals surface area (Å²) in [6.07, 6.45) is 2.12. The van der Waals surface area contributed by atoms with Gasteiger partial charge in [0.05, 0.1) is 0 Å². The summed E-state index contributed by atoms with van der Waals surface area (Å²) < 4.78 is 2.26. The Morgan fingerprint density at radius 1 is 1.25 bits per heavy atom. The van der Waals surface area contributed by atoms with E-state index in [1.807, 2.05) is 12.1 Å². The smallest absolute Gasteiger partial charge is 0.116 e. The lowest BCUT2D eigenvalue weighted by molar-refractivity contribution is 0.476. The van der Waals surface area contributed by atoms with Crippen LogP contribution in [0.1, 0.15) is 11.3 Å². The zero-order chi connectivity index (χ0) is 11.1. The molecule has 0 saturated heterocycles. The number of nitrogens with zero attached hydrogens (tertiary/aromatic N) is 1. The number of nitrogens with one attached hydrogen (secondary N) is 1. The van der Waals surface area contributed by atoms with Gasteiger partial charge in [-0.25, -0.2) is 0 Å². The molecule has 0 radical (unpaired) electrons. The van der Waals surface area contributed by atoms with Crippen molar-refractivity contribution in [2.45, 2.75) is 12.8 Å². The zero-order valence-corrected chi connectivity index (χ0v) is 9.45. The van der Waals surface area contributed by atoms with Crippen molar-refractivity contribution in [3.63, 3.8) is 0 Å². The van der Waals surface area contributed by atoms with Gasteiger partial charge in [0, 0.05) is 36.6 Å². The fourth-order valence-electron chi connectivity index (χ4n) is 2.70. The first-order chi connectivity index (χ1) is 7.77. The molecule has 2 N–H and O–H groups in total. The normalized spacial score (nSPS) is 16.1. The van der Waals surface area contributed by atoms with Crippen molar-refractivity contribution in [2.24, 2.45) is 7.05 Å². The van der Waals surface area contributed by atoms with Gasteiger partial charge < -0.3 is 15.0 Å². The second kappa shape index (κ2) is 3.52. The first kappa shape index (κ1) is 9.73. The van der Waals surface area contributed by atoms with Crippen molar-refractivity contribution in [3.8, 4) is 5.75 Å². The monoisotopic (exact) mass is 216 g/mol. The van der Waals surface area contributed by atoms with Crippen molar-refractivity contribution in [1.29, 1.82) is 0 Å². The lowest BCUT2D eigenvalue weighted by Gasteiger charge is -2.03. The molecule has 0 spiro atoms. The van der Waals surface area contributed by atoms with Gasteiger partial charge in [-0.2, -0.15) is 0 Å². The largest absolute Gasteiger partial charge is 0.508 e. The topological polar surface area (TPSA) is 37.2 Å². The SMILES string of the molecule is Cn1c2c(c3cc(O)ccc31)CCNCC2. The minimum atomic E-state index is 0.359. The third-order valence-corrected chi connectivity index (χ3v) is 3.51. The van der Waals surface area contributed by atoms with E-state index in [0.717, 1.165) is 25.9 Å². The van der Waals surface area contributed by atoms with Gasteiger partial charge in [-0.3, -0.25) is 0 Å². The Hall–Kier alpha value is -1.48. The third-order valence-electron chi connectivity index (χ3n) is 3.51. The first-order valence-electron chi connectivity index (χ1n) is 5.77. The highest BCUT2D eigenvalue weighted by molar-refractivity contribution is 5.87. The Balaban J connectivity index is 2.32. The van der Waals surface area contributed by atoms with E-state index in [0.29, 0.717) is 5.75 Å². The Morgan fingerprint density at radius 3 is 2.94 bits per heavy atom. The fourth-order valence-corrected chi connectivity index (χ4v) is 2.70. The molecule has 0 amide bonds. The average molecular weight is 216 g/mol. The lowest BCUT2D eigenvalue weighted by atomic mass is 10.1. The van der Waals surface area contributed by atoms with Crippen LogP contribution in [0.15, 0.2) is 18.2 Å². The number of rotatable bonds is 0. The first-order valence-corrected chi connectivity index (χ1v) is 5.77. The van der Waals surface area contributed by atoms with E-state index >= 15 is 0 Å². The fraction of sp³-hybridized carbons (Fsp3) is 0.385. The van der Waals surface area contributed by atoms with Gasteiger partial charge in [0.1, 0.15) is 5.75 Å². The maximum atomic E-state index is 9.59. The molecule has 1 aromatic heterocycles. The molecule has 0 fully saturated rings. The van der Waals surface area contributed by atoms with Crippen molar-refractivity contribution < 1.29 is 5.11 Å². The van der Waals surface area contributed by atoms with Crippen molar-refractivity contribution in [1.82, 2.24) is 9.88 Å². The summed E-state index contributed by atoms with van der Waals surface area (Å²) in [4.78, 5) is 0. The second-order valence-corrected chi connectivity index (χ2v) is 4.44. The summed E-state index contributed by atoms with van der Waals surface area (Å²) in [5, 5.41) is 14.2. The number of phenolic OH excluding ortho intramolecular Hbond substituents is 1. The molecule has 84 valence electrons. The molecule has 1 aromatic carbocycles. The van der Waals surface area contributed by atoms with E-state index in [1.165, 1.54) is 22.2 Å². The number of aryl methyl sites for hydroxylation is 1. The van der Waals surface area contributed by atoms with Crippen LogP contribution in [0.25, 0.3) is 10.9 Å². The minimum absolute atomic E-state index is 0.359. The standard InChI is InChI=1S/C13H16N2O/c1-15-12-3-2-9(16)8-11(12)10-4-6-14-7-5-13(10)15/h2-3,8,14,16H,4-7H2,1H3. The van der Waals surface area contributed by atoms with E-state index in [2.05, 4.69) is 16.9 Å². The summed E-state index contributed by atoms with van der Waals surface area (Å²) in [5.74, 6) is 0.359. The Bertz CT molecular complexity index is 542. The number of phenols is 1. The predicted octanol–water partition coefficient (Wildman–Crippen LogP) is 1.57. The molecule has 3 nitrogen and oxygen atoms in total. The van der Waals surface area contributed by atoms with Gasteiger partial charge in [-0.15, -0.1) is 0 Å². The molecule has 0 saturated carbocycles. The van der Waals surface area contributed by atoms with Crippen LogP contribution in [0.3, 0.4) is 0 Å². The molecule has 1 aliphatic rings. The van der Waals surface area contributed by atoms with Crippen molar-refractivity contribution in [3.05, 3.63) is 29.5 Å². The van der Waals surface area contributed by atoms with Crippen LogP contribution < -0.4 is 5.32 Å². The van der Waals surface area contributed by atoms with Gasteiger partial charge in [-0.1, -0.05) is 0 Å². The molecule has 2 aromatic rings. The van der Waals surface area contributed by atoms with Crippen LogP contribution in [0, 0.1) is 0 Å². The molecule has 3 heteroatoms. The molecule has 0 atom stereocenters. The molecule has 2 heterocycles. The number of benzene rings is 1. The van der Waals surface area contributed by atoms with Gasteiger partial charge in [-0.05, 0) is 36.7 Å². The van der Waals surface area contributed by atoms with Gasteiger partial charge in [0.25, 0.3) is 0 Å². The maximum Gasteiger partial charge on any atom is 0.116 e. The average Bonchev–Trinajstić information content (AvgIpc) is 2.47. The minimum Gasteiger partial charge on any atom is -0.508 e. The number of fused-ring (bicyclic) bond motifs is 3. The molecule has 0 aliphatic carbocycles. The molecule has 0 unspecified atom stereocenters. The number of hydrogen-bond acceptors (Lipinski definition) is 2. The van der Waals surface area contributed by atoms with Crippen molar-refractivity contribution >= 4 is 10.9 Å². The van der Waals surface area contributed by atoms with Crippen LogP contribution in [0.2, 0.25) is 0 Å². The van der Waals surface area contributed by atoms with Crippen LogP contribution in [-0.4, -0.2) is 22.8 Å². The Kier molecular flexibility index (Phi) is 2.14. The molecule has 3 rings (SSSR count). The lowest BCUT2D eigenvalue weighted by Crippen LogP contribution is -2.16. The zero-order valence-electron chi connectivity index (χ0n) is 9.45. The van der Waals surface area contributed by atoms with Gasteiger partial charge in [0.2, 0.25) is 0 Å². The Morgan fingerprint density at radius 2 is 2.06 bits per heavy atom. The number of aromatic hydroxyl groups is 1. The molecule has 0 bridgehead atoms. The molecular formula is C13H16N2O. The second-order valence-electron chi connectivity index (χ2n) is 4.44. The number of aromatic nitrogens is 1.